The Morgan fingerprint density at radius 2 is 0.769 bits per heavy atom. The van der Waals surface area contributed by atoms with Gasteiger partial charge in [-0.25, -0.2) is 19.9 Å². The maximum Gasteiger partial charge on any atom is 0.433 e. The van der Waals surface area contributed by atoms with Crippen LogP contribution in [0.5, 0.6) is 0 Å². The zero-order chi connectivity index (χ0) is 40.6. The molecule has 4 heterocycles. The molecule has 0 spiro atoms. The van der Waals surface area contributed by atoms with E-state index in [1.807, 2.05) is 0 Å². The number of alkyl halides is 12. The van der Waals surface area contributed by atoms with Gasteiger partial charge in [-0.3, -0.25) is 20.2 Å². The molecule has 0 aliphatic carbocycles. The highest BCUT2D eigenvalue weighted by Gasteiger charge is 2.36. The molecular weight excluding hydrogens is 791 g/mol. The van der Waals surface area contributed by atoms with Crippen molar-refractivity contribution in [1.82, 2.24) is 19.9 Å². The van der Waals surface area contributed by atoms with Crippen LogP contribution in [0.3, 0.4) is 0 Å². The maximum atomic E-state index is 12.0. The normalized spacial score (nSPS) is 11.5. The molecule has 4 aromatic heterocycles. The highest BCUT2D eigenvalue weighted by atomic mass is 35.5. The lowest BCUT2D eigenvalue weighted by molar-refractivity contribution is -0.385. The Labute approximate surface area is 289 Å². The number of nitrogens with zero attached hydrogens (tertiary/aromatic N) is 6. The van der Waals surface area contributed by atoms with Gasteiger partial charge in [-0.05, 0) is 36.4 Å². The summed E-state index contributed by atoms with van der Waals surface area (Å²) < 4.78 is 144. The summed E-state index contributed by atoms with van der Waals surface area (Å²) in [4.78, 5) is 30.4. The second-order valence-electron chi connectivity index (χ2n) is 8.86. The molecule has 0 amide bonds. The first-order chi connectivity index (χ1) is 23.5. The fourth-order valence-corrected chi connectivity index (χ4v) is 3.12. The molecule has 0 atom stereocenters. The lowest BCUT2D eigenvalue weighted by Crippen LogP contribution is -2.10. The first kappa shape index (κ1) is 44.4. The van der Waals surface area contributed by atoms with Crippen LogP contribution < -0.4 is 22.9 Å². The van der Waals surface area contributed by atoms with E-state index in [0.29, 0.717) is 24.3 Å². The number of halogens is 14. The number of nitrogen functional groups attached to an aromatic ring is 4. The van der Waals surface area contributed by atoms with Crippen molar-refractivity contribution in [2.45, 2.75) is 24.7 Å². The molecule has 52 heavy (non-hydrogen) atoms. The largest absolute Gasteiger partial charge is 0.433 e. The smallest absolute Gasteiger partial charge is 0.396 e. The van der Waals surface area contributed by atoms with Crippen LogP contribution in [0, 0.1) is 20.2 Å². The molecule has 284 valence electrons. The summed E-state index contributed by atoms with van der Waals surface area (Å²) in [7, 11) is 0. The van der Waals surface area contributed by atoms with Gasteiger partial charge in [0.2, 0.25) is 11.0 Å². The summed E-state index contributed by atoms with van der Waals surface area (Å²) in [6, 6.07) is 6.05. The van der Waals surface area contributed by atoms with Crippen molar-refractivity contribution in [2.24, 2.45) is 0 Å². The summed E-state index contributed by atoms with van der Waals surface area (Å²) in [6.07, 6.45) is -18.2. The number of hydrogen-bond acceptors (Lipinski definition) is 12. The van der Waals surface area contributed by atoms with Gasteiger partial charge >= 0.3 is 36.1 Å². The standard InChI is InChI=1S/C6H2ClF3N2O2.C6H4ClF3N2.C6H4F3N3O2.C6H6F3N3/c7-5-3(12(13)14)1-2-4(11-5)6(8,9)10;7-5-3(11)1-2-4(12-5)6(8,9)10;7-6(8,9)4-2-1-3(12(13)14)5(10)11-4;7-6(8,9)4-2-1-3(10)5(11)12-4/h1-2H;1-2H,11H2;1-2H,(H2,10,11);1-2H,10H2,(H2,11,12). The number of hydrogen-bond donors (Lipinski definition) is 4. The molecule has 14 nitrogen and oxygen atoms in total. The summed E-state index contributed by atoms with van der Waals surface area (Å²) in [6.45, 7) is 0. The maximum absolute atomic E-state index is 12.0. The van der Waals surface area contributed by atoms with Crippen LogP contribution in [0.2, 0.25) is 10.3 Å². The Bertz CT molecular complexity index is 1760. The highest BCUT2D eigenvalue weighted by Crippen LogP contribution is 2.33. The Hall–Kier alpha value is -5.66. The molecule has 28 heteroatoms. The fourth-order valence-electron chi connectivity index (χ4n) is 2.75. The van der Waals surface area contributed by atoms with Crippen LogP contribution in [0.15, 0.2) is 48.5 Å². The quantitative estimate of drug-likeness (QED) is 0.0655. The molecule has 0 unspecified atom stereocenters. The minimum atomic E-state index is -4.65. The molecule has 0 aliphatic rings. The van der Waals surface area contributed by atoms with E-state index >= 15 is 0 Å². The van der Waals surface area contributed by atoms with Crippen molar-refractivity contribution in [1.29, 1.82) is 0 Å². The molecule has 8 N–H and O–H groups in total. The predicted molar refractivity (Wildman–Crippen MR) is 158 cm³/mol. The van der Waals surface area contributed by atoms with Gasteiger partial charge in [0, 0.05) is 12.1 Å². The molecular formula is C24H16Cl2F12N10O4. The van der Waals surface area contributed by atoms with E-state index < -0.39 is 79.7 Å². The first-order valence-electron chi connectivity index (χ1n) is 12.4. The third kappa shape index (κ3) is 13.6. The first-order valence-corrected chi connectivity index (χ1v) is 13.2. The zero-order valence-corrected chi connectivity index (χ0v) is 26.0. The second kappa shape index (κ2) is 17.0. The summed E-state index contributed by atoms with van der Waals surface area (Å²) in [5, 5.41) is 19.3. The SMILES string of the molecule is Nc1ccc(C(F)(F)F)nc1Cl.Nc1ccc(C(F)(F)F)nc1N.Nc1nc(C(F)(F)F)ccc1[N+](=O)[O-].O=[N+]([O-])c1ccc(C(F)(F)F)nc1Cl. The van der Waals surface area contributed by atoms with E-state index in [-0.39, 0.29) is 22.3 Å². The van der Waals surface area contributed by atoms with E-state index in [9.17, 15) is 72.9 Å². The number of nitro groups is 2. The van der Waals surface area contributed by atoms with Crippen LogP contribution in [0.4, 0.5) is 87.1 Å². The van der Waals surface area contributed by atoms with Gasteiger partial charge in [-0.2, -0.15) is 52.7 Å². The summed E-state index contributed by atoms with van der Waals surface area (Å²) in [5.74, 6) is -1.05. The Balaban J connectivity index is 0.000000348. The van der Waals surface area contributed by atoms with Crippen molar-refractivity contribution in [3.63, 3.8) is 0 Å². The Morgan fingerprint density at radius 1 is 0.462 bits per heavy atom. The highest BCUT2D eigenvalue weighted by molar-refractivity contribution is 6.32. The van der Waals surface area contributed by atoms with Gasteiger partial charge in [-0.1, -0.05) is 23.2 Å². The number of pyridine rings is 4. The van der Waals surface area contributed by atoms with Crippen LogP contribution >= 0.6 is 23.2 Å². The topological polar surface area (TPSA) is 242 Å². The van der Waals surface area contributed by atoms with E-state index in [1.165, 1.54) is 0 Å². The lowest BCUT2D eigenvalue weighted by atomic mass is 10.3. The monoisotopic (exact) mass is 806 g/mol. The van der Waals surface area contributed by atoms with Crippen LogP contribution in [-0.4, -0.2) is 29.8 Å². The van der Waals surface area contributed by atoms with Gasteiger partial charge in [0.1, 0.15) is 28.6 Å². The van der Waals surface area contributed by atoms with Gasteiger partial charge in [0.05, 0.1) is 21.2 Å². The van der Waals surface area contributed by atoms with Gasteiger partial charge in [-0.15, -0.1) is 0 Å². The van der Waals surface area contributed by atoms with Crippen molar-refractivity contribution >= 4 is 57.6 Å². The molecule has 0 saturated carbocycles. The molecule has 4 rings (SSSR count). The third-order valence-electron chi connectivity index (χ3n) is 5.12. The second-order valence-corrected chi connectivity index (χ2v) is 9.58. The number of aromatic nitrogens is 4. The summed E-state index contributed by atoms with van der Waals surface area (Å²) in [5.41, 5.74) is 14.6. The van der Waals surface area contributed by atoms with Gasteiger partial charge in [0.25, 0.3) is 0 Å². The predicted octanol–water partition coefficient (Wildman–Crippen LogP) is 7.85. The van der Waals surface area contributed by atoms with Crippen LogP contribution in [-0.2, 0) is 24.7 Å². The molecule has 0 saturated heterocycles. The molecule has 0 radical (unpaired) electrons. The minimum absolute atomic E-state index is 0.0321. The Kier molecular flexibility index (Phi) is 14.5. The summed E-state index contributed by atoms with van der Waals surface area (Å²) >= 11 is 10.5. The molecule has 0 aromatic carbocycles. The van der Waals surface area contributed by atoms with Gasteiger partial charge in [0.15, 0.2) is 5.15 Å². The fraction of sp³-hybridized carbons (Fsp3) is 0.167. The van der Waals surface area contributed by atoms with Crippen molar-refractivity contribution in [3.8, 4) is 0 Å². The van der Waals surface area contributed by atoms with E-state index in [4.69, 9.17) is 46.1 Å². The molecule has 0 fully saturated rings. The van der Waals surface area contributed by atoms with Crippen molar-refractivity contribution < 1.29 is 62.5 Å². The number of rotatable bonds is 2. The Morgan fingerprint density at radius 3 is 1.08 bits per heavy atom. The van der Waals surface area contributed by atoms with E-state index in [1.54, 1.807) is 0 Å². The molecule has 0 aliphatic heterocycles. The molecule has 4 aromatic rings. The van der Waals surface area contributed by atoms with E-state index in [2.05, 4.69) is 19.9 Å². The average Bonchev–Trinajstić information content (AvgIpc) is 2.98. The van der Waals surface area contributed by atoms with Crippen LogP contribution in [0.25, 0.3) is 0 Å². The average molecular weight is 807 g/mol. The lowest BCUT2D eigenvalue weighted by Gasteiger charge is -2.06. The molecule has 0 bridgehead atoms. The van der Waals surface area contributed by atoms with Crippen LogP contribution in [0.1, 0.15) is 22.8 Å². The zero-order valence-electron chi connectivity index (χ0n) is 24.5. The third-order valence-corrected chi connectivity index (χ3v) is 5.70. The number of anilines is 4. The van der Waals surface area contributed by atoms with E-state index in [0.717, 1.165) is 24.3 Å². The van der Waals surface area contributed by atoms with Gasteiger partial charge < -0.3 is 22.9 Å². The number of nitrogens with two attached hydrogens (primary N) is 4. The minimum Gasteiger partial charge on any atom is -0.396 e. The van der Waals surface area contributed by atoms with Crippen molar-refractivity contribution in [2.75, 3.05) is 22.9 Å². The van der Waals surface area contributed by atoms with Crippen molar-refractivity contribution in [3.05, 3.63) is 102 Å².